The molecule has 40 nitrogen and oxygen atoms in total. The van der Waals surface area contributed by atoms with E-state index in [9.17, 15) is 0 Å². The van der Waals surface area contributed by atoms with Crippen LogP contribution in [0.1, 0.15) is 0 Å². The minimum absolute atomic E-state index is 0. The molecule has 0 amide bonds. The molecule has 0 N–H and O–H groups in total. The Morgan fingerprint density at radius 3 is 0.125 bits per heavy atom. The monoisotopic (exact) mass is 1230 g/mol. The van der Waals surface area contributed by atoms with Gasteiger partial charge in [-0.1, -0.05) is 0 Å². The van der Waals surface area contributed by atoms with E-state index in [1.807, 2.05) is 0 Å². The summed E-state index contributed by atoms with van der Waals surface area (Å²) in [7, 11) is 0. The molecule has 340 valence electrons. The molecule has 52 heteroatoms. The van der Waals surface area contributed by atoms with E-state index >= 15 is 0 Å². The summed E-state index contributed by atoms with van der Waals surface area (Å²) >= 11 is 0. The van der Waals surface area contributed by atoms with Crippen molar-refractivity contribution < 1.29 is 404 Å². The Hall–Kier alpha value is 2.08. The molecular formula is C20K4Mg8O40. The third-order valence-electron chi connectivity index (χ3n) is 1.67. The Morgan fingerprint density at radius 2 is 0.125 bits per heavy atom. The van der Waals surface area contributed by atoms with Crippen molar-refractivity contribution in [2.45, 2.75) is 0 Å². The Morgan fingerprint density at radius 1 is 0.111 bits per heavy atom. The predicted octanol–water partition coefficient (Wildman–Crippen LogP) is -50.2. The zero-order valence-electron chi connectivity index (χ0n) is 36.0. The van der Waals surface area contributed by atoms with Gasteiger partial charge in [-0.2, -0.15) is 0 Å². The van der Waals surface area contributed by atoms with Gasteiger partial charge in [-0.15, -0.1) is 0 Å². The fraction of sp³-hybridized carbons (Fsp3) is 0. The van der Waals surface area contributed by atoms with Gasteiger partial charge in [-0.25, -0.2) is 0 Å². The summed E-state index contributed by atoms with van der Waals surface area (Å²) in [6.07, 6.45) is 0. The number of carbonyl (C=O) groups is 20. The molecule has 0 aromatic heterocycles. The van der Waals surface area contributed by atoms with Gasteiger partial charge in [-0.05, 0) is 0 Å². The molecule has 0 saturated carbocycles. The fourth-order valence-electron chi connectivity index (χ4n) is 0. The second-order valence-electron chi connectivity index (χ2n) is 5.75. The third kappa shape index (κ3) is 206. The Kier molecular flexibility index (Phi) is 200. The zero-order chi connectivity index (χ0) is 51.5. The van der Waals surface area contributed by atoms with Gasteiger partial charge in [0.1, 0.15) is 0 Å². The van der Waals surface area contributed by atoms with E-state index in [4.69, 9.17) is 198 Å². The van der Waals surface area contributed by atoms with Crippen LogP contribution < -0.4 is 308 Å². The summed E-state index contributed by atoms with van der Waals surface area (Å²) in [4.78, 5) is 179. The molecule has 0 aliphatic rings. The van der Waals surface area contributed by atoms with Gasteiger partial charge in [0.2, 0.25) is 0 Å². The molecule has 0 atom stereocenters. The smallest absolute Gasteiger partial charge is 0.543 e. The molecule has 72 heavy (non-hydrogen) atoms. The van der Waals surface area contributed by atoms with Crippen LogP contribution in [-0.4, -0.2) is 304 Å². The number of carboxylic acids is 20. The van der Waals surface area contributed by atoms with Crippen LogP contribution in [0.5, 0.6) is 0 Å². The van der Waals surface area contributed by atoms with Crippen LogP contribution in [0.25, 0.3) is 0 Å². The zero-order valence-corrected chi connectivity index (χ0v) is 59.8. The van der Waals surface area contributed by atoms with E-state index in [1.54, 1.807) is 0 Å². The molecule has 0 rings (SSSR count). The van der Waals surface area contributed by atoms with E-state index in [2.05, 4.69) is 0 Å². The van der Waals surface area contributed by atoms with Crippen LogP contribution in [0.3, 0.4) is 0 Å². The minimum atomic E-state index is -2.19. The summed E-state index contributed by atoms with van der Waals surface area (Å²) in [6, 6.07) is 0. The van der Waals surface area contributed by atoms with Crippen LogP contribution >= 0.6 is 0 Å². The average Bonchev–Trinajstić information content (AvgIpc) is 3.06. The first-order valence-corrected chi connectivity index (χ1v) is 10.7. The molecule has 0 unspecified atom stereocenters. The summed E-state index contributed by atoms with van der Waals surface area (Å²) in [6.45, 7) is 0. The van der Waals surface area contributed by atoms with E-state index in [0.717, 1.165) is 0 Å². The quantitative estimate of drug-likeness (QED) is 0.160. The SMILES string of the molecule is O=C([O-])C(=O)[O-].O=C([O-])C(=O)[O-].O=C([O-])C(=O)[O-].O=C([O-])C(=O)[O-].O=C([O-])C(=O)[O-].O=C([O-])C(=O)[O-].O=C([O-])C(=O)[O-].O=C([O-])C(=O)[O-].O=C([O-])C(=O)[O-].O=C([O-])C(=O)[O-].[K+].[K+].[K+].[K+].[Mg+2].[Mg+2].[Mg+2].[Mg+2].[Mg+2].[Mg+2].[Mg+2].[Mg+2]. The largest absolute Gasteiger partial charge is 2.00 e. The third-order valence-corrected chi connectivity index (χ3v) is 1.67. The maximum absolute atomic E-state index is 8.93. The Balaban J connectivity index is -0.0000000189. The number of rotatable bonds is 0. The molecule has 0 fully saturated rings. The van der Waals surface area contributed by atoms with Gasteiger partial charge in [-0.3, -0.25) is 0 Å². The maximum atomic E-state index is 8.93. The van der Waals surface area contributed by atoms with Gasteiger partial charge >= 0.3 is 390 Å². The van der Waals surface area contributed by atoms with Crippen LogP contribution in [0.2, 0.25) is 0 Å². The summed E-state index contributed by atoms with van der Waals surface area (Å²) in [5.74, 6) is -43.7. The van der Waals surface area contributed by atoms with Gasteiger partial charge < -0.3 is 198 Å². The van der Waals surface area contributed by atoms with Crippen LogP contribution in [0.4, 0.5) is 0 Å². The van der Waals surface area contributed by atoms with Crippen molar-refractivity contribution in [3.63, 3.8) is 0 Å². The molecular weight excluding hydrogens is 1230 g/mol. The number of carboxylic acid groups (broad SMARTS) is 20. The molecule has 0 saturated heterocycles. The molecule has 0 aromatic rings. The van der Waals surface area contributed by atoms with Gasteiger partial charge in [0.25, 0.3) is 0 Å². The van der Waals surface area contributed by atoms with E-state index in [1.165, 1.54) is 0 Å². The van der Waals surface area contributed by atoms with Gasteiger partial charge in [0.05, 0.1) is 119 Å². The molecule has 0 bridgehead atoms. The van der Waals surface area contributed by atoms with Crippen molar-refractivity contribution in [1.82, 2.24) is 0 Å². The van der Waals surface area contributed by atoms with Crippen molar-refractivity contribution in [2.75, 3.05) is 0 Å². The van der Waals surface area contributed by atoms with Crippen molar-refractivity contribution in [3.8, 4) is 0 Å². The first-order valence-electron chi connectivity index (χ1n) is 10.7. The van der Waals surface area contributed by atoms with Crippen LogP contribution in [0, 0.1) is 0 Å². The number of hydrogen-bond acceptors (Lipinski definition) is 40. The Labute approximate surface area is 692 Å². The van der Waals surface area contributed by atoms with Crippen molar-refractivity contribution >= 4 is 304 Å². The molecule has 0 radical (unpaired) electrons. The van der Waals surface area contributed by atoms with Gasteiger partial charge in [0.15, 0.2) is 0 Å². The maximum Gasteiger partial charge on any atom is 2.00 e. The second-order valence-corrected chi connectivity index (χ2v) is 5.75. The summed E-state index contributed by atoms with van der Waals surface area (Å²) < 4.78 is 0. The van der Waals surface area contributed by atoms with E-state index < -0.39 is 119 Å². The minimum Gasteiger partial charge on any atom is -0.543 e. The predicted molar refractivity (Wildman–Crippen MR) is 146 cm³/mol. The molecule has 0 aliphatic heterocycles. The fourth-order valence-corrected chi connectivity index (χ4v) is 0. The van der Waals surface area contributed by atoms with E-state index in [0.29, 0.717) is 0 Å². The van der Waals surface area contributed by atoms with Gasteiger partial charge in [0, 0.05) is 0 Å². The van der Waals surface area contributed by atoms with Crippen molar-refractivity contribution in [2.24, 2.45) is 0 Å². The van der Waals surface area contributed by atoms with Crippen molar-refractivity contribution in [1.29, 1.82) is 0 Å². The standard InChI is InChI=1S/10C2H2O4.4K.8Mg/c10*3-1(4)2(5)6;;;;;;;;;;;;/h10*(H,3,4)(H,5,6);;;;;;;;;;;;/q;;;;;;;;;;4*+1;8*+2/p-20. The Bertz CT molecular complexity index is 1170. The number of carbonyl (C=O) groups excluding carboxylic acids is 20. The topological polar surface area (TPSA) is 803 Å². The molecule has 0 aliphatic carbocycles. The van der Waals surface area contributed by atoms with Crippen LogP contribution in [-0.2, 0) is 95.9 Å². The second kappa shape index (κ2) is 98.5. The summed E-state index contributed by atoms with van der Waals surface area (Å²) in [5, 5.41) is 179. The van der Waals surface area contributed by atoms with E-state index in [-0.39, 0.29) is 390 Å². The molecule has 0 heterocycles. The van der Waals surface area contributed by atoms with Crippen LogP contribution in [0.15, 0.2) is 0 Å². The first-order chi connectivity index (χ1) is 26.4. The first kappa shape index (κ1) is 146. The number of aliphatic carboxylic acids is 20. The average molecular weight is 1230 g/mol. The molecule has 0 aromatic carbocycles. The van der Waals surface area contributed by atoms with Crippen molar-refractivity contribution in [3.05, 3.63) is 0 Å². The molecule has 0 spiro atoms. The normalized spacial score (nSPS) is 6.11. The number of hydrogen-bond donors (Lipinski definition) is 0. The summed E-state index contributed by atoms with van der Waals surface area (Å²) in [5.41, 5.74) is 0.